The predicted molar refractivity (Wildman–Crippen MR) is 142 cm³/mol. The average molecular weight is 469 g/mol. The van der Waals surface area contributed by atoms with Crippen LogP contribution >= 0.6 is 0 Å². The van der Waals surface area contributed by atoms with Gasteiger partial charge in [0.15, 0.2) is 5.65 Å². The van der Waals surface area contributed by atoms with Gasteiger partial charge in [-0.15, -0.1) is 0 Å². The number of nitrogens with one attached hydrogen (secondary N) is 1. The van der Waals surface area contributed by atoms with Crippen LogP contribution in [0.2, 0.25) is 0 Å². The smallest absolute Gasteiger partial charge is 0.253 e. The Kier molecular flexibility index (Phi) is 6.03. The molecule has 3 heterocycles. The van der Waals surface area contributed by atoms with Crippen molar-refractivity contribution in [2.24, 2.45) is 0 Å². The van der Waals surface area contributed by atoms with Crippen molar-refractivity contribution in [1.29, 1.82) is 0 Å². The lowest BCUT2D eigenvalue weighted by molar-refractivity contribution is 0.0827. The number of fused-ring (bicyclic) bond motifs is 1. The van der Waals surface area contributed by atoms with Gasteiger partial charge in [0, 0.05) is 74.2 Å². The lowest BCUT2D eigenvalue weighted by Crippen LogP contribution is -2.45. The second-order valence-corrected chi connectivity index (χ2v) is 9.72. The average Bonchev–Trinajstić information content (AvgIpc) is 3.27. The molecule has 0 unspecified atom stereocenters. The number of aromatic amines is 1. The number of aryl methyl sites for hydroxylation is 2. The van der Waals surface area contributed by atoms with Crippen LogP contribution in [0, 0.1) is 13.8 Å². The molecule has 0 atom stereocenters. The summed E-state index contributed by atoms with van der Waals surface area (Å²) >= 11 is 0. The van der Waals surface area contributed by atoms with Crippen LogP contribution in [-0.4, -0.2) is 78.2 Å². The number of benzene rings is 2. The monoisotopic (exact) mass is 468 g/mol. The van der Waals surface area contributed by atoms with Gasteiger partial charge < -0.3 is 14.7 Å². The zero-order chi connectivity index (χ0) is 24.7. The largest absolute Gasteiger partial charge is 0.369 e. The van der Waals surface area contributed by atoms with E-state index in [4.69, 9.17) is 0 Å². The van der Waals surface area contributed by atoms with E-state index < -0.39 is 0 Å². The molecule has 1 amide bonds. The summed E-state index contributed by atoms with van der Waals surface area (Å²) in [6.45, 7) is 8.71. The number of rotatable bonds is 4. The third kappa shape index (κ3) is 4.39. The summed E-state index contributed by atoms with van der Waals surface area (Å²) in [4.78, 5) is 23.3. The van der Waals surface area contributed by atoms with Gasteiger partial charge in [0.25, 0.3) is 5.91 Å². The molecule has 1 saturated heterocycles. The number of carbonyl (C=O) groups excluding carboxylic acids is 1. The molecule has 0 spiro atoms. The van der Waals surface area contributed by atoms with Gasteiger partial charge in [-0.1, -0.05) is 12.1 Å². The van der Waals surface area contributed by atoms with Gasteiger partial charge in [-0.05, 0) is 67.9 Å². The Morgan fingerprint density at radius 2 is 1.57 bits per heavy atom. The minimum atomic E-state index is -0.0132. The van der Waals surface area contributed by atoms with Crippen molar-refractivity contribution in [2.75, 3.05) is 52.2 Å². The molecule has 7 heteroatoms. The molecule has 1 aliphatic rings. The highest BCUT2D eigenvalue weighted by Crippen LogP contribution is 2.34. The summed E-state index contributed by atoms with van der Waals surface area (Å²) in [5.74, 6) is -0.0132. The van der Waals surface area contributed by atoms with E-state index in [1.807, 2.05) is 30.5 Å². The zero-order valence-corrected chi connectivity index (χ0v) is 21.1. The number of likely N-dealkylation sites (N-methyl/N-ethyl adjacent to an activating group) is 1. The maximum atomic E-state index is 12.2. The van der Waals surface area contributed by atoms with Crippen molar-refractivity contribution in [3.05, 3.63) is 65.4 Å². The molecule has 35 heavy (non-hydrogen) atoms. The Morgan fingerprint density at radius 3 is 2.20 bits per heavy atom. The van der Waals surface area contributed by atoms with Gasteiger partial charge in [0.1, 0.15) is 0 Å². The molecular formula is C28H32N6O. The van der Waals surface area contributed by atoms with Crippen molar-refractivity contribution >= 4 is 22.6 Å². The minimum Gasteiger partial charge on any atom is -0.369 e. The zero-order valence-electron chi connectivity index (χ0n) is 21.1. The van der Waals surface area contributed by atoms with Gasteiger partial charge in [-0.25, -0.2) is 4.98 Å². The predicted octanol–water partition coefficient (Wildman–Crippen LogP) is 4.36. The highest BCUT2D eigenvalue weighted by molar-refractivity contribution is 5.96. The number of H-pyrrole nitrogens is 1. The first-order valence-electron chi connectivity index (χ1n) is 12.0. The number of piperazine rings is 1. The molecule has 0 radical (unpaired) electrons. The summed E-state index contributed by atoms with van der Waals surface area (Å²) in [6, 6.07) is 14.3. The third-order valence-corrected chi connectivity index (χ3v) is 6.88. The van der Waals surface area contributed by atoms with Gasteiger partial charge >= 0.3 is 0 Å². The fraction of sp³-hybridized carbons (Fsp3) is 0.321. The van der Waals surface area contributed by atoms with Crippen LogP contribution < -0.4 is 4.90 Å². The van der Waals surface area contributed by atoms with E-state index in [-0.39, 0.29) is 5.91 Å². The molecular weight excluding hydrogens is 436 g/mol. The summed E-state index contributed by atoms with van der Waals surface area (Å²) in [5.41, 5.74) is 9.37. The Bertz CT molecular complexity index is 1360. The molecule has 0 aliphatic carbocycles. The Hall–Kier alpha value is -3.71. The van der Waals surface area contributed by atoms with E-state index in [0.29, 0.717) is 11.2 Å². The van der Waals surface area contributed by atoms with E-state index in [9.17, 15) is 4.79 Å². The molecule has 0 bridgehead atoms. The van der Waals surface area contributed by atoms with E-state index in [1.54, 1.807) is 19.0 Å². The van der Waals surface area contributed by atoms with Gasteiger partial charge in [0.05, 0.1) is 5.69 Å². The maximum Gasteiger partial charge on any atom is 0.253 e. The molecule has 1 aliphatic heterocycles. The Morgan fingerprint density at radius 1 is 0.914 bits per heavy atom. The standard InChI is InChI=1S/C28H32N6O/c1-18-14-22(15-19(2)26(18)34-12-10-33(5)11-13-34)23-16-24-25(30-31-27(24)29-17-23)20-6-8-21(9-7-20)28(35)32(3)4/h6-9,14-17H,10-13H2,1-5H3,(H,29,30,31). The topological polar surface area (TPSA) is 68.4 Å². The lowest BCUT2D eigenvalue weighted by Gasteiger charge is -2.36. The highest BCUT2D eigenvalue weighted by atomic mass is 16.2. The lowest BCUT2D eigenvalue weighted by atomic mass is 9.97. The Labute approximate surface area is 206 Å². The molecule has 7 nitrogen and oxygen atoms in total. The normalized spacial score (nSPS) is 14.5. The van der Waals surface area contributed by atoms with Crippen LogP contribution in [0.5, 0.6) is 0 Å². The van der Waals surface area contributed by atoms with Crippen LogP contribution in [0.4, 0.5) is 5.69 Å². The second kappa shape index (κ2) is 9.15. The number of pyridine rings is 1. The van der Waals surface area contributed by atoms with E-state index in [0.717, 1.165) is 53.9 Å². The summed E-state index contributed by atoms with van der Waals surface area (Å²) in [7, 11) is 5.70. The molecule has 1 fully saturated rings. The fourth-order valence-electron chi connectivity index (χ4n) is 4.97. The van der Waals surface area contributed by atoms with Crippen molar-refractivity contribution in [1.82, 2.24) is 25.0 Å². The van der Waals surface area contributed by atoms with Crippen molar-refractivity contribution < 1.29 is 4.79 Å². The van der Waals surface area contributed by atoms with Crippen LogP contribution in [0.3, 0.4) is 0 Å². The molecule has 1 N–H and O–H groups in total. The number of hydrogen-bond donors (Lipinski definition) is 1. The number of hydrogen-bond acceptors (Lipinski definition) is 5. The van der Waals surface area contributed by atoms with E-state index in [1.165, 1.54) is 16.8 Å². The van der Waals surface area contributed by atoms with Crippen molar-refractivity contribution in [3.63, 3.8) is 0 Å². The van der Waals surface area contributed by atoms with Gasteiger partial charge in [-0.2, -0.15) is 5.10 Å². The third-order valence-electron chi connectivity index (χ3n) is 6.88. The fourth-order valence-corrected chi connectivity index (χ4v) is 4.97. The number of anilines is 1. The highest BCUT2D eigenvalue weighted by Gasteiger charge is 2.19. The molecule has 2 aromatic carbocycles. The molecule has 2 aromatic heterocycles. The number of aromatic nitrogens is 3. The first kappa shape index (κ1) is 23.1. The van der Waals surface area contributed by atoms with Gasteiger partial charge in [-0.3, -0.25) is 9.89 Å². The number of nitrogens with zero attached hydrogens (tertiary/aromatic N) is 5. The summed E-state index contributed by atoms with van der Waals surface area (Å²) in [6.07, 6.45) is 1.90. The van der Waals surface area contributed by atoms with Crippen LogP contribution in [-0.2, 0) is 0 Å². The summed E-state index contributed by atoms with van der Waals surface area (Å²) < 4.78 is 0. The summed E-state index contributed by atoms with van der Waals surface area (Å²) in [5, 5.41) is 8.52. The SMILES string of the molecule is Cc1cc(-c2cnc3n[nH]c(-c4ccc(C(=O)N(C)C)cc4)c3c2)cc(C)c1N1CCN(C)CC1. The quantitative estimate of drug-likeness (QED) is 0.482. The molecule has 4 aromatic rings. The number of carbonyl (C=O) groups is 1. The Balaban J connectivity index is 1.49. The molecule has 5 rings (SSSR count). The van der Waals surface area contributed by atoms with E-state index in [2.05, 4.69) is 64.1 Å². The number of amides is 1. The minimum absolute atomic E-state index is 0.0132. The van der Waals surface area contributed by atoms with Crippen molar-refractivity contribution in [3.8, 4) is 22.4 Å². The van der Waals surface area contributed by atoms with E-state index >= 15 is 0 Å². The first-order chi connectivity index (χ1) is 16.8. The maximum absolute atomic E-state index is 12.2. The van der Waals surface area contributed by atoms with Crippen molar-refractivity contribution in [2.45, 2.75) is 13.8 Å². The van der Waals surface area contributed by atoms with Crippen LogP contribution in [0.1, 0.15) is 21.5 Å². The molecule has 180 valence electrons. The first-order valence-corrected chi connectivity index (χ1v) is 12.0. The van der Waals surface area contributed by atoms with Crippen LogP contribution in [0.25, 0.3) is 33.4 Å². The van der Waals surface area contributed by atoms with Gasteiger partial charge in [0.2, 0.25) is 0 Å². The second-order valence-electron chi connectivity index (χ2n) is 9.72. The van der Waals surface area contributed by atoms with Crippen LogP contribution in [0.15, 0.2) is 48.7 Å². The molecule has 0 saturated carbocycles.